The molecule has 1 aromatic carbocycles. The zero-order valence-electron chi connectivity index (χ0n) is 16.0. The van der Waals surface area contributed by atoms with Crippen LogP contribution >= 0.6 is 0 Å². The second kappa shape index (κ2) is 8.11. The van der Waals surface area contributed by atoms with Gasteiger partial charge in [0, 0.05) is 44.0 Å². The quantitative estimate of drug-likeness (QED) is 0.883. The molecule has 144 valence electrons. The van der Waals surface area contributed by atoms with Crippen molar-refractivity contribution < 1.29 is 4.39 Å². The van der Waals surface area contributed by atoms with E-state index in [9.17, 15) is 4.39 Å². The molecule has 1 saturated heterocycles. The lowest BCUT2D eigenvalue weighted by atomic mass is 9.95. The summed E-state index contributed by atoms with van der Waals surface area (Å²) in [6.07, 6.45) is 6.39. The van der Waals surface area contributed by atoms with Crippen LogP contribution in [0.25, 0.3) is 0 Å². The van der Waals surface area contributed by atoms with Crippen LogP contribution in [-0.2, 0) is 0 Å². The maximum Gasteiger partial charge on any atom is 0.227 e. The highest BCUT2D eigenvalue weighted by Crippen LogP contribution is 2.24. The zero-order chi connectivity index (χ0) is 18.6. The Morgan fingerprint density at radius 3 is 2.41 bits per heavy atom. The molecule has 0 atom stereocenters. The number of hydrogen-bond acceptors (Lipinski definition) is 5. The molecule has 0 unspecified atom stereocenters. The first kappa shape index (κ1) is 18.0. The largest absolute Gasteiger partial charge is 0.367 e. The minimum absolute atomic E-state index is 0.156. The summed E-state index contributed by atoms with van der Waals surface area (Å²) in [5.41, 5.74) is 1.66. The summed E-state index contributed by atoms with van der Waals surface area (Å²) in [7, 11) is 0. The van der Waals surface area contributed by atoms with Gasteiger partial charge in [0.25, 0.3) is 0 Å². The number of anilines is 3. The van der Waals surface area contributed by atoms with Gasteiger partial charge in [-0.3, -0.25) is 0 Å². The molecular formula is C21H28FN5. The molecule has 2 aliphatic rings. The lowest BCUT2D eigenvalue weighted by Crippen LogP contribution is -2.47. The molecule has 0 bridgehead atoms. The molecule has 1 aliphatic carbocycles. The zero-order valence-corrected chi connectivity index (χ0v) is 16.0. The monoisotopic (exact) mass is 369 g/mol. The van der Waals surface area contributed by atoms with Crippen molar-refractivity contribution in [2.45, 2.75) is 45.1 Å². The van der Waals surface area contributed by atoms with E-state index < -0.39 is 0 Å². The molecule has 2 aromatic rings. The Labute approximate surface area is 160 Å². The van der Waals surface area contributed by atoms with Crippen LogP contribution in [0.15, 0.2) is 30.3 Å². The predicted molar refractivity (Wildman–Crippen MR) is 108 cm³/mol. The molecule has 5 nitrogen and oxygen atoms in total. The second-order valence-corrected chi connectivity index (χ2v) is 7.60. The summed E-state index contributed by atoms with van der Waals surface area (Å²) in [6.45, 7) is 5.14. The Morgan fingerprint density at radius 2 is 1.67 bits per heavy atom. The number of para-hydroxylation sites is 1. The van der Waals surface area contributed by atoms with Gasteiger partial charge in [-0.15, -0.1) is 0 Å². The summed E-state index contributed by atoms with van der Waals surface area (Å²) in [5, 5.41) is 3.61. The maximum atomic E-state index is 14.0. The molecule has 2 fully saturated rings. The van der Waals surface area contributed by atoms with Crippen molar-refractivity contribution >= 4 is 17.5 Å². The minimum atomic E-state index is -0.156. The van der Waals surface area contributed by atoms with E-state index in [2.05, 4.69) is 20.1 Å². The van der Waals surface area contributed by atoms with Gasteiger partial charge in [-0.2, -0.15) is 4.98 Å². The lowest BCUT2D eigenvalue weighted by molar-refractivity contribution is 0.461. The molecule has 6 heteroatoms. The van der Waals surface area contributed by atoms with E-state index in [1.54, 1.807) is 6.07 Å². The van der Waals surface area contributed by atoms with E-state index in [0.29, 0.717) is 11.7 Å². The number of nitrogens with zero attached hydrogens (tertiary/aromatic N) is 4. The molecular weight excluding hydrogens is 341 g/mol. The fourth-order valence-electron chi connectivity index (χ4n) is 4.08. The third-order valence-electron chi connectivity index (χ3n) is 5.56. The van der Waals surface area contributed by atoms with Crippen molar-refractivity contribution in [1.29, 1.82) is 0 Å². The highest BCUT2D eigenvalue weighted by atomic mass is 19.1. The molecule has 1 N–H and O–H groups in total. The molecule has 0 radical (unpaired) electrons. The number of aryl methyl sites for hydroxylation is 1. The van der Waals surface area contributed by atoms with Crippen LogP contribution in [0.1, 0.15) is 37.8 Å². The van der Waals surface area contributed by atoms with Gasteiger partial charge >= 0.3 is 0 Å². The number of nitrogens with one attached hydrogen (secondary N) is 1. The van der Waals surface area contributed by atoms with Gasteiger partial charge in [0.05, 0.1) is 5.69 Å². The van der Waals surface area contributed by atoms with Crippen molar-refractivity contribution in [2.75, 3.05) is 41.3 Å². The number of halogens is 1. The second-order valence-electron chi connectivity index (χ2n) is 7.60. The lowest BCUT2D eigenvalue weighted by Gasteiger charge is -2.36. The van der Waals surface area contributed by atoms with Crippen molar-refractivity contribution in [2.24, 2.45) is 0 Å². The molecule has 1 saturated carbocycles. The standard InChI is InChI=1S/C21H28FN5/c1-16-15-20(24-17-7-3-2-4-8-17)25-21(23-16)27-13-11-26(12-14-27)19-10-6-5-9-18(19)22/h5-6,9-10,15,17H,2-4,7-8,11-14H2,1H3,(H,23,24,25). The first-order valence-electron chi connectivity index (χ1n) is 10.1. The first-order chi connectivity index (χ1) is 13.2. The Hall–Kier alpha value is -2.37. The van der Waals surface area contributed by atoms with E-state index >= 15 is 0 Å². The van der Waals surface area contributed by atoms with Gasteiger partial charge in [0.15, 0.2) is 0 Å². The maximum absolute atomic E-state index is 14.0. The molecule has 1 aromatic heterocycles. The molecule has 27 heavy (non-hydrogen) atoms. The summed E-state index contributed by atoms with van der Waals surface area (Å²) in [4.78, 5) is 13.7. The van der Waals surface area contributed by atoms with E-state index in [1.807, 2.05) is 25.1 Å². The van der Waals surface area contributed by atoms with Gasteiger partial charge in [-0.1, -0.05) is 31.4 Å². The number of piperazine rings is 1. The summed E-state index contributed by atoms with van der Waals surface area (Å²) >= 11 is 0. The van der Waals surface area contributed by atoms with Crippen molar-refractivity contribution in [3.63, 3.8) is 0 Å². The van der Waals surface area contributed by atoms with Crippen molar-refractivity contribution in [3.05, 3.63) is 41.8 Å². The van der Waals surface area contributed by atoms with E-state index in [-0.39, 0.29) is 5.82 Å². The highest BCUT2D eigenvalue weighted by molar-refractivity contribution is 5.50. The van der Waals surface area contributed by atoms with Crippen LogP contribution in [0.2, 0.25) is 0 Å². The van der Waals surface area contributed by atoms with Crippen molar-refractivity contribution in [3.8, 4) is 0 Å². The fraction of sp³-hybridized carbons (Fsp3) is 0.524. The fourth-order valence-corrected chi connectivity index (χ4v) is 4.08. The normalized spacial score (nSPS) is 18.6. The van der Waals surface area contributed by atoms with Crippen LogP contribution in [0.5, 0.6) is 0 Å². The van der Waals surface area contributed by atoms with Crippen LogP contribution in [0, 0.1) is 12.7 Å². The van der Waals surface area contributed by atoms with Crippen LogP contribution in [-0.4, -0.2) is 42.2 Å². The molecule has 0 amide bonds. The van der Waals surface area contributed by atoms with E-state index in [4.69, 9.17) is 4.98 Å². The van der Waals surface area contributed by atoms with Crippen LogP contribution < -0.4 is 15.1 Å². The third kappa shape index (κ3) is 4.31. The SMILES string of the molecule is Cc1cc(NC2CCCCC2)nc(N2CCN(c3ccccc3F)CC2)n1. The summed E-state index contributed by atoms with van der Waals surface area (Å²) in [6, 6.07) is 9.55. The summed E-state index contributed by atoms with van der Waals surface area (Å²) < 4.78 is 14.0. The molecule has 1 aliphatic heterocycles. The van der Waals surface area contributed by atoms with Gasteiger partial charge in [0.2, 0.25) is 5.95 Å². The van der Waals surface area contributed by atoms with E-state index in [0.717, 1.165) is 43.6 Å². The molecule has 0 spiro atoms. The first-order valence-corrected chi connectivity index (χ1v) is 10.1. The van der Waals surface area contributed by atoms with E-state index in [1.165, 1.54) is 38.2 Å². The number of rotatable bonds is 4. The number of aromatic nitrogens is 2. The topological polar surface area (TPSA) is 44.3 Å². The average Bonchev–Trinajstić information content (AvgIpc) is 2.69. The minimum Gasteiger partial charge on any atom is -0.367 e. The smallest absolute Gasteiger partial charge is 0.227 e. The Balaban J connectivity index is 1.42. The third-order valence-corrected chi connectivity index (χ3v) is 5.56. The Morgan fingerprint density at radius 1 is 0.963 bits per heavy atom. The van der Waals surface area contributed by atoms with Gasteiger partial charge < -0.3 is 15.1 Å². The number of hydrogen-bond donors (Lipinski definition) is 1. The molecule has 4 rings (SSSR count). The number of benzene rings is 1. The van der Waals surface area contributed by atoms with Gasteiger partial charge in [-0.05, 0) is 31.9 Å². The van der Waals surface area contributed by atoms with Gasteiger partial charge in [0.1, 0.15) is 11.6 Å². The van der Waals surface area contributed by atoms with Crippen LogP contribution in [0.4, 0.5) is 21.8 Å². The Bertz CT molecular complexity index is 767. The predicted octanol–water partition coefficient (Wildman–Crippen LogP) is 4.00. The summed E-state index contributed by atoms with van der Waals surface area (Å²) in [5.74, 6) is 1.55. The highest BCUT2D eigenvalue weighted by Gasteiger charge is 2.22. The van der Waals surface area contributed by atoms with Gasteiger partial charge in [-0.25, -0.2) is 9.37 Å². The van der Waals surface area contributed by atoms with Crippen molar-refractivity contribution in [1.82, 2.24) is 9.97 Å². The Kier molecular flexibility index (Phi) is 5.41. The van der Waals surface area contributed by atoms with Crippen LogP contribution in [0.3, 0.4) is 0 Å². The molecule has 2 heterocycles. The average molecular weight is 369 g/mol.